The number of aromatic nitrogens is 1. The summed E-state index contributed by atoms with van der Waals surface area (Å²) < 4.78 is 13.4. The van der Waals surface area contributed by atoms with E-state index in [1.165, 1.54) is 18.3 Å². The fourth-order valence-corrected chi connectivity index (χ4v) is 1.76. The predicted molar refractivity (Wildman–Crippen MR) is 70.7 cm³/mol. The van der Waals surface area contributed by atoms with Gasteiger partial charge in [0, 0.05) is 11.9 Å². The van der Waals surface area contributed by atoms with Crippen molar-refractivity contribution < 1.29 is 4.39 Å². The number of halogens is 2. The van der Waals surface area contributed by atoms with E-state index in [9.17, 15) is 4.39 Å². The van der Waals surface area contributed by atoms with Crippen LogP contribution in [-0.4, -0.2) is 4.98 Å². The Morgan fingerprint density at radius 1 is 1.39 bits per heavy atom. The monoisotopic (exact) mass is 306 g/mol. The van der Waals surface area contributed by atoms with E-state index in [2.05, 4.69) is 26.2 Å². The first-order valence-corrected chi connectivity index (χ1v) is 5.78. The van der Waals surface area contributed by atoms with E-state index >= 15 is 0 Å². The molecule has 2 rings (SSSR count). The largest absolute Gasteiger partial charge is 0.395 e. The van der Waals surface area contributed by atoms with Crippen molar-refractivity contribution in [1.29, 1.82) is 5.26 Å². The van der Waals surface area contributed by atoms with E-state index in [0.29, 0.717) is 21.5 Å². The second-order valence-electron chi connectivity index (χ2n) is 3.49. The molecule has 0 amide bonds. The van der Waals surface area contributed by atoms with Gasteiger partial charge in [0.05, 0.1) is 15.7 Å². The third-order valence-electron chi connectivity index (χ3n) is 2.29. The lowest BCUT2D eigenvalue weighted by molar-refractivity contribution is 0.621. The number of nitriles is 1. The summed E-state index contributed by atoms with van der Waals surface area (Å²) in [5.74, 6) is 0.0137. The molecule has 2 aromatic rings. The molecule has 0 aliphatic rings. The maximum atomic E-state index is 13.1. The second-order valence-corrected chi connectivity index (χ2v) is 4.34. The van der Waals surface area contributed by atoms with Crippen LogP contribution >= 0.6 is 15.9 Å². The predicted octanol–water partition coefficient (Wildman–Crippen LogP) is 3.18. The van der Waals surface area contributed by atoms with Gasteiger partial charge >= 0.3 is 0 Å². The van der Waals surface area contributed by atoms with Crippen molar-refractivity contribution in [2.75, 3.05) is 11.1 Å². The Hall–Kier alpha value is -2.13. The number of rotatable bonds is 2. The van der Waals surface area contributed by atoms with Crippen LogP contribution in [0.2, 0.25) is 0 Å². The Morgan fingerprint density at radius 2 is 2.17 bits per heavy atom. The number of pyridine rings is 1. The average Bonchev–Trinajstić information content (AvgIpc) is 2.36. The molecule has 0 radical (unpaired) electrons. The maximum absolute atomic E-state index is 13.1. The van der Waals surface area contributed by atoms with Crippen molar-refractivity contribution >= 4 is 33.1 Å². The number of hydrogen-bond donors (Lipinski definition) is 2. The number of hydrogen-bond acceptors (Lipinski definition) is 4. The zero-order chi connectivity index (χ0) is 13.1. The molecule has 4 nitrogen and oxygen atoms in total. The highest BCUT2D eigenvalue weighted by Crippen LogP contribution is 2.26. The van der Waals surface area contributed by atoms with Crippen molar-refractivity contribution in [3.63, 3.8) is 0 Å². The lowest BCUT2D eigenvalue weighted by atomic mass is 10.2. The minimum absolute atomic E-state index is 0.264. The lowest BCUT2D eigenvalue weighted by Crippen LogP contribution is -2.01. The molecule has 1 heterocycles. The van der Waals surface area contributed by atoms with Gasteiger partial charge in [0.1, 0.15) is 11.9 Å². The van der Waals surface area contributed by atoms with Crippen LogP contribution in [0.15, 0.2) is 34.9 Å². The normalized spacial score (nSPS) is 9.83. The summed E-state index contributed by atoms with van der Waals surface area (Å²) in [6.45, 7) is 0. The van der Waals surface area contributed by atoms with Gasteiger partial charge in [0.15, 0.2) is 5.82 Å². The lowest BCUT2D eigenvalue weighted by Gasteiger charge is -2.09. The average molecular weight is 307 g/mol. The fraction of sp³-hybridized carbons (Fsp3) is 0. The van der Waals surface area contributed by atoms with Crippen molar-refractivity contribution in [1.82, 2.24) is 4.98 Å². The van der Waals surface area contributed by atoms with Crippen molar-refractivity contribution in [2.45, 2.75) is 0 Å². The molecule has 90 valence electrons. The minimum atomic E-state index is -0.354. The summed E-state index contributed by atoms with van der Waals surface area (Å²) in [7, 11) is 0. The number of nitrogens with two attached hydrogens (primary N) is 1. The van der Waals surface area contributed by atoms with Gasteiger partial charge in [-0.05, 0) is 40.2 Å². The van der Waals surface area contributed by atoms with Gasteiger partial charge in [-0.2, -0.15) is 5.26 Å². The van der Waals surface area contributed by atoms with E-state index in [0.717, 1.165) is 0 Å². The summed E-state index contributed by atoms with van der Waals surface area (Å²) in [5.41, 5.74) is 7.00. The molecule has 0 aliphatic heterocycles. The molecule has 0 saturated heterocycles. The van der Waals surface area contributed by atoms with E-state index < -0.39 is 0 Å². The highest BCUT2D eigenvalue weighted by atomic mass is 79.9. The highest BCUT2D eigenvalue weighted by Gasteiger charge is 2.07. The van der Waals surface area contributed by atoms with Crippen molar-refractivity contribution in [3.05, 3.63) is 46.3 Å². The third-order valence-corrected chi connectivity index (χ3v) is 2.90. The minimum Gasteiger partial charge on any atom is -0.395 e. The molecule has 18 heavy (non-hydrogen) atoms. The quantitative estimate of drug-likeness (QED) is 0.893. The first kappa shape index (κ1) is 12.3. The van der Waals surface area contributed by atoms with E-state index in [1.807, 2.05) is 6.07 Å². The number of nitrogens with zero attached hydrogens (tertiary/aromatic N) is 2. The SMILES string of the molecule is N#Cc1ccnc(Nc2ccc(F)c(Br)c2)c1N. The zero-order valence-corrected chi connectivity index (χ0v) is 10.7. The van der Waals surface area contributed by atoms with Gasteiger partial charge in [-0.15, -0.1) is 0 Å². The Kier molecular flexibility index (Phi) is 3.44. The summed E-state index contributed by atoms with van der Waals surface area (Å²) >= 11 is 3.09. The van der Waals surface area contributed by atoms with Crippen molar-refractivity contribution in [3.8, 4) is 6.07 Å². The highest BCUT2D eigenvalue weighted by molar-refractivity contribution is 9.10. The Balaban J connectivity index is 2.35. The molecule has 0 aliphatic carbocycles. The van der Waals surface area contributed by atoms with Crippen LogP contribution in [0.1, 0.15) is 5.56 Å². The molecule has 0 fully saturated rings. The van der Waals surface area contributed by atoms with Crippen LogP contribution in [0.5, 0.6) is 0 Å². The van der Waals surface area contributed by atoms with Gasteiger partial charge in [-0.3, -0.25) is 0 Å². The van der Waals surface area contributed by atoms with Crippen LogP contribution in [0.4, 0.5) is 21.6 Å². The molecule has 3 N–H and O–H groups in total. The molecular weight excluding hydrogens is 299 g/mol. The number of anilines is 3. The molecule has 0 atom stereocenters. The van der Waals surface area contributed by atoms with E-state index in [4.69, 9.17) is 11.0 Å². The van der Waals surface area contributed by atoms with Crippen LogP contribution in [0.25, 0.3) is 0 Å². The van der Waals surface area contributed by atoms with Crippen LogP contribution in [-0.2, 0) is 0 Å². The zero-order valence-electron chi connectivity index (χ0n) is 9.11. The molecule has 0 spiro atoms. The Bertz CT molecular complexity index is 636. The molecule has 1 aromatic heterocycles. The van der Waals surface area contributed by atoms with Gasteiger partial charge in [-0.1, -0.05) is 0 Å². The number of benzene rings is 1. The van der Waals surface area contributed by atoms with Crippen LogP contribution in [0.3, 0.4) is 0 Å². The van der Waals surface area contributed by atoms with Gasteiger partial charge in [0.25, 0.3) is 0 Å². The summed E-state index contributed by atoms with van der Waals surface area (Å²) in [4.78, 5) is 4.04. The first-order chi connectivity index (χ1) is 8.61. The molecule has 1 aromatic carbocycles. The number of nitrogen functional groups attached to an aromatic ring is 1. The second kappa shape index (κ2) is 5.02. The molecular formula is C12H8BrFN4. The molecule has 0 unspecified atom stereocenters. The molecule has 0 saturated carbocycles. The third kappa shape index (κ3) is 2.41. The van der Waals surface area contributed by atoms with Crippen molar-refractivity contribution in [2.24, 2.45) is 0 Å². The van der Waals surface area contributed by atoms with E-state index in [1.54, 1.807) is 12.1 Å². The topological polar surface area (TPSA) is 74.7 Å². The Labute approximate surface area is 111 Å². The summed E-state index contributed by atoms with van der Waals surface area (Å²) in [6, 6.07) is 7.93. The summed E-state index contributed by atoms with van der Waals surface area (Å²) in [6.07, 6.45) is 1.48. The van der Waals surface area contributed by atoms with Crippen LogP contribution in [0, 0.1) is 17.1 Å². The maximum Gasteiger partial charge on any atom is 0.154 e. The Morgan fingerprint density at radius 3 is 2.83 bits per heavy atom. The van der Waals surface area contributed by atoms with Gasteiger partial charge < -0.3 is 11.1 Å². The smallest absolute Gasteiger partial charge is 0.154 e. The summed E-state index contributed by atoms with van der Waals surface area (Å²) in [5, 5.41) is 11.8. The standard InChI is InChI=1S/C12H8BrFN4/c13-9-5-8(1-2-10(9)14)18-12-11(16)7(6-15)3-4-17-12/h1-5H,16H2,(H,17,18). The number of nitrogens with one attached hydrogen (secondary N) is 1. The fourth-order valence-electron chi connectivity index (χ4n) is 1.38. The molecule has 0 bridgehead atoms. The van der Waals surface area contributed by atoms with Crippen LogP contribution < -0.4 is 11.1 Å². The van der Waals surface area contributed by atoms with Gasteiger partial charge in [0.2, 0.25) is 0 Å². The molecule has 6 heteroatoms. The van der Waals surface area contributed by atoms with E-state index in [-0.39, 0.29) is 11.5 Å². The first-order valence-electron chi connectivity index (χ1n) is 4.98. The van der Waals surface area contributed by atoms with Gasteiger partial charge in [-0.25, -0.2) is 9.37 Å².